The SMILES string of the molecule is Cc1cc(C(=O)N/N=C\c2cc(Cl)ccc2OCc2cccc(C(F)(F)F)c2)cs1. The zero-order valence-corrected chi connectivity index (χ0v) is 17.2. The predicted molar refractivity (Wildman–Crippen MR) is 111 cm³/mol. The van der Waals surface area contributed by atoms with Crippen LogP contribution in [0.25, 0.3) is 0 Å². The summed E-state index contributed by atoms with van der Waals surface area (Å²) >= 11 is 7.47. The lowest BCUT2D eigenvalue weighted by atomic mass is 10.1. The first-order chi connectivity index (χ1) is 14.2. The Bertz CT molecular complexity index is 1080. The lowest BCUT2D eigenvalue weighted by Crippen LogP contribution is -2.16. The van der Waals surface area contributed by atoms with Gasteiger partial charge in [0.2, 0.25) is 0 Å². The van der Waals surface area contributed by atoms with Crippen LogP contribution in [0, 0.1) is 6.92 Å². The Morgan fingerprint density at radius 1 is 1.23 bits per heavy atom. The normalized spacial score (nSPS) is 11.6. The van der Waals surface area contributed by atoms with Gasteiger partial charge < -0.3 is 4.74 Å². The van der Waals surface area contributed by atoms with E-state index in [0.717, 1.165) is 17.0 Å². The van der Waals surface area contributed by atoms with Gasteiger partial charge in [-0.1, -0.05) is 23.7 Å². The van der Waals surface area contributed by atoms with E-state index in [2.05, 4.69) is 10.5 Å². The van der Waals surface area contributed by atoms with Gasteiger partial charge in [-0.15, -0.1) is 11.3 Å². The maximum Gasteiger partial charge on any atom is 0.416 e. The molecule has 1 heterocycles. The van der Waals surface area contributed by atoms with Crippen LogP contribution in [0.3, 0.4) is 0 Å². The Morgan fingerprint density at radius 2 is 2.03 bits per heavy atom. The van der Waals surface area contributed by atoms with Gasteiger partial charge in [-0.05, 0) is 48.9 Å². The molecule has 4 nitrogen and oxygen atoms in total. The minimum Gasteiger partial charge on any atom is -0.488 e. The van der Waals surface area contributed by atoms with E-state index in [0.29, 0.717) is 27.5 Å². The smallest absolute Gasteiger partial charge is 0.416 e. The number of ether oxygens (including phenoxy) is 1. The van der Waals surface area contributed by atoms with Crippen LogP contribution in [0.15, 0.2) is 59.0 Å². The summed E-state index contributed by atoms with van der Waals surface area (Å²) in [6.45, 7) is 1.82. The number of nitrogens with zero attached hydrogens (tertiary/aromatic N) is 1. The van der Waals surface area contributed by atoms with Gasteiger partial charge in [0.05, 0.1) is 17.3 Å². The summed E-state index contributed by atoms with van der Waals surface area (Å²) in [5.41, 5.74) is 3.01. The lowest BCUT2D eigenvalue weighted by molar-refractivity contribution is -0.137. The van der Waals surface area contributed by atoms with Crippen LogP contribution in [-0.2, 0) is 12.8 Å². The molecule has 0 unspecified atom stereocenters. The number of benzene rings is 2. The maximum atomic E-state index is 12.9. The molecule has 0 aliphatic rings. The van der Waals surface area contributed by atoms with E-state index in [1.54, 1.807) is 35.7 Å². The Morgan fingerprint density at radius 3 is 2.73 bits per heavy atom. The van der Waals surface area contributed by atoms with E-state index in [4.69, 9.17) is 16.3 Å². The van der Waals surface area contributed by atoms with Crippen molar-refractivity contribution in [1.29, 1.82) is 0 Å². The summed E-state index contributed by atoms with van der Waals surface area (Å²) in [6.07, 6.45) is -3.06. The number of amides is 1. The number of nitrogens with one attached hydrogen (secondary N) is 1. The number of rotatable bonds is 6. The van der Waals surface area contributed by atoms with Crippen molar-refractivity contribution in [2.24, 2.45) is 5.10 Å². The average molecular weight is 453 g/mol. The topological polar surface area (TPSA) is 50.7 Å². The van der Waals surface area contributed by atoms with Gasteiger partial charge in [-0.25, -0.2) is 5.43 Å². The van der Waals surface area contributed by atoms with Gasteiger partial charge in [0, 0.05) is 20.8 Å². The fourth-order valence-electron chi connectivity index (χ4n) is 2.54. The highest BCUT2D eigenvalue weighted by Gasteiger charge is 2.30. The van der Waals surface area contributed by atoms with E-state index in [9.17, 15) is 18.0 Å². The van der Waals surface area contributed by atoms with Gasteiger partial charge in [-0.2, -0.15) is 18.3 Å². The fraction of sp³-hybridized carbons (Fsp3) is 0.143. The molecule has 0 spiro atoms. The van der Waals surface area contributed by atoms with Crippen LogP contribution in [0.1, 0.15) is 31.9 Å². The quantitative estimate of drug-likeness (QED) is 0.364. The average Bonchev–Trinajstić information content (AvgIpc) is 3.13. The number of alkyl halides is 3. The fourth-order valence-corrected chi connectivity index (χ4v) is 3.40. The number of hydrazone groups is 1. The molecular formula is C21H16ClF3N2O2S. The Kier molecular flexibility index (Phi) is 6.79. The van der Waals surface area contributed by atoms with Crippen LogP contribution in [-0.4, -0.2) is 12.1 Å². The van der Waals surface area contributed by atoms with E-state index in [1.165, 1.54) is 23.6 Å². The summed E-state index contributed by atoms with van der Waals surface area (Å²) < 4.78 is 44.2. The van der Waals surface area contributed by atoms with Gasteiger partial charge in [-0.3, -0.25) is 4.79 Å². The molecule has 30 heavy (non-hydrogen) atoms. The van der Waals surface area contributed by atoms with E-state index in [-0.39, 0.29) is 12.5 Å². The standard InChI is InChI=1S/C21H16ClF3N2O2S/c1-13-7-16(12-30-13)20(28)27-26-10-15-9-18(22)5-6-19(15)29-11-14-3-2-4-17(8-14)21(23,24)25/h2-10,12H,11H2,1H3,(H,27,28)/b26-10-. The second kappa shape index (κ2) is 9.32. The summed E-state index contributed by atoms with van der Waals surface area (Å²) in [7, 11) is 0. The molecule has 9 heteroatoms. The van der Waals surface area contributed by atoms with Gasteiger partial charge in [0.25, 0.3) is 5.91 Å². The number of thiophene rings is 1. The summed E-state index contributed by atoms with van der Waals surface area (Å²) in [5.74, 6) is 0.00486. The van der Waals surface area contributed by atoms with Crippen molar-refractivity contribution in [3.05, 3.63) is 86.1 Å². The molecule has 0 aliphatic carbocycles. The first kappa shape index (κ1) is 21.9. The van der Waals surface area contributed by atoms with Crippen molar-refractivity contribution in [1.82, 2.24) is 5.43 Å². The molecule has 3 aromatic rings. The molecule has 0 fully saturated rings. The van der Waals surface area contributed by atoms with Crippen molar-refractivity contribution in [2.45, 2.75) is 19.7 Å². The van der Waals surface area contributed by atoms with Gasteiger partial charge in [0.1, 0.15) is 12.4 Å². The van der Waals surface area contributed by atoms with E-state index >= 15 is 0 Å². The number of halogens is 4. The molecule has 0 bridgehead atoms. The summed E-state index contributed by atoms with van der Waals surface area (Å²) in [5, 5.41) is 6.07. The van der Waals surface area contributed by atoms with Crippen LogP contribution >= 0.6 is 22.9 Å². The molecule has 0 aliphatic heterocycles. The van der Waals surface area contributed by atoms with E-state index < -0.39 is 11.7 Å². The largest absolute Gasteiger partial charge is 0.488 e. The molecule has 1 N–H and O–H groups in total. The zero-order valence-electron chi connectivity index (χ0n) is 15.7. The molecule has 0 radical (unpaired) electrons. The molecule has 1 amide bonds. The number of carbonyl (C=O) groups excluding carboxylic acids is 1. The van der Waals surface area contributed by atoms with Crippen LogP contribution in [0.2, 0.25) is 5.02 Å². The Balaban J connectivity index is 1.70. The van der Waals surface area contributed by atoms with Crippen molar-refractivity contribution >= 4 is 35.1 Å². The second-order valence-electron chi connectivity index (χ2n) is 6.31. The first-order valence-electron chi connectivity index (χ1n) is 8.69. The number of hydrogen-bond donors (Lipinski definition) is 1. The molecule has 0 saturated heterocycles. The van der Waals surface area contributed by atoms with Crippen molar-refractivity contribution < 1.29 is 22.7 Å². The highest BCUT2D eigenvalue weighted by molar-refractivity contribution is 7.10. The van der Waals surface area contributed by atoms with Crippen LogP contribution in [0.4, 0.5) is 13.2 Å². The Hall–Kier alpha value is -2.84. The minimum atomic E-state index is -4.42. The number of aryl methyl sites for hydroxylation is 1. The lowest BCUT2D eigenvalue weighted by Gasteiger charge is -2.12. The maximum absolute atomic E-state index is 12.9. The second-order valence-corrected chi connectivity index (χ2v) is 7.87. The predicted octanol–water partition coefficient (Wildman–Crippen LogP) is 6.07. The van der Waals surface area contributed by atoms with Crippen LogP contribution < -0.4 is 10.2 Å². The third-order valence-electron chi connectivity index (χ3n) is 3.98. The monoisotopic (exact) mass is 452 g/mol. The molecule has 0 atom stereocenters. The molecule has 0 saturated carbocycles. The highest BCUT2D eigenvalue weighted by Crippen LogP contribution is 2.30. The number of hydrogen-bond acceptors (Lipinski definition) is 4. The number of carbonyl (C=O) groups is 1. The summed E-state index contributed by atoms with van der Waals surface area (Å²) in [6, 6.07) is 11.4. The molecule has 156 valence electrons. The molecule has 2 aromatic carbocycles. The third kappa shape index (κ3) is 5.84. The minimum absolute atomic E-state index is 0.0765. The van der Waals surface area contributed by atoms with Crippen LogP contribution in [0.5, 0.6) is 5.75 Å². The van der Waals surface area contributed by atoms with Gasteiger partial charge in [0.15, 0.2) is 0 Å². The van der Waals surface area contributed by atoms with Crippen molar-refractivity contribution in [3.63, 3.8) is 0 Å². The van der Waals surface area contributed by atoms with Crippen molar-refractivity contribution in [3.8, 4) is 5.75 Å². The van der Waals surface area contributed by atoms with Crippen molar-refractivity contribution in [2.75, 3.05) is 0 Å². The van der Waals surface area contributed by atoms with E-state index in [1.807, 2.05) is 6.92 Å². The molecular weight excluding hydrogens is 437 g/mol. The van der Waals surface area contributed by atoms with Gasteiger partial charge >= 0.3 is 6.18 Å². The third-order valence-corrected chi connectivity index (χ3v) is 5.08. The Labute approximate surface area is 180 Å². The summed E-state index contributed by atoms with van der Waals surface area (Å²) in [4.78, 5) is 13.1. The zero-order chi connectivity index (χ0) is 21.7. The first-order valence-corrected chi connectivity index (χ1v) is 9.95. The molecule has 1 aromatic heterocycles. The highest BCUT2D eigenvalue weighted by atomic mass is 35.5. The molecule has 3 rings (SSSR count).